The summed E-state index contributed by atoms with van der Waals surface area (Å²) in [6, 6.07) is 0. The Morgan fingerprint density at radius 2 is 0.624 bits per heavy atom. The summed E-state index contributed by atoms with van der Waals surface area (Å²) in [6.45, 7) is 72.5. The molecule has 6 heteroatoms. The second-order valence-corrected chi connectivity index (χ2v) is 39.8. The highest BCUT2D eigenvalue weighted by Gasteiger charge is 2.48. The van der Waals surface area contributed by atoms with E-state index in [4.69, 9.17) is 9.60 Å². The van der Waals surface area contributed by atoms with E-state index < -0.39 is 37.9 Å². The Kier molecular flexibility index (Phi) is 56.9. The lowest BCUT2D eigenvalue weighted by atomic mass is 9.51. The van der Waals surface area contributed by atoms with Crippen LogP contribution < -0.4 is 0 Å². The first-order chi connectivity index (χ1) is 48.4. The number of hydrogen-bond donors (Lipinski definition) is 0. The molecule has 2 atom stereocenters. The number of unbranched alkanes of at least 4 members (excludes halogenated alkanes) is 1. The summed E-state index contributed by atoms with van der Waals surface area (Å²) in [4.78, 5) is 0. The first-order valence-electron chi connectivity index (χ1n) is 46.5. The van der Waals surface area contributed by atoms with Crippen LogP contribution in [0.3, 0.4) is 0 Å². The average molecular weight is 1460 g/mol. The van der Waals surface area contributed by atoms with Crippen molar-refractivity contribution in [2.75, 3.05) is 0 Å². The molecule has 8 fully saturated rings. The van der Waals surface area contributed by atoms with Gasteiger partial charge in [-0.3, -0.25) is 0 Å². The fourth-order valence-corrected chi connectivity index (χ4v) is 14.8. The van der Waals surface area contributed by atoms with Crippen molar-refractivity contribution in [3.63, 3.8) is 0 Å². The van der Waals surface area contributed by atoms with Gasteiger partial charge in [0.25, 0.3) is 0 Å². The topological polar surface area (TPSA) is 0 Å². The third-order valence-electron chi connectivity index (χ3n) is 21.5. The summed E-state index contributed by atoms with van der Waals surface area (Å²) in [5.74, 6) is 2.32. The number of rotatable bonds is 6. The zero-order chi connectivity index (χ0) is 86.5. The fourth-order valence-electron chi connectivity index (χ4n) is 14.8. The molecule has 0 nitrogen and oxygen atoms in total. The van der Waals surface area contributed by atoms with Crippen molar-refractivity contribution in [2.24, 2.45) is 96.5 Å². The number of halogens is 6. The maximum atomic E-state index is 11.5. The Morgan fingerprint density at radius 3 is 0.812 bits per heavy atom. The summed E-state index contributed by atoms with van der Waals surface area (Å²) in [6.07, 6.45) is 39.4. The molecule has 0 saturated heterocycles. The molecular weight excluding hydrogens is 1260 g/mol. The summed E-state index contributed by atoms with van der Waals surface area (Å²) in [5.41, 5.74) is 4.41. The highest BCUT2D eigenvalue weighted by molar-refractivity contribution is 4.99. The average Bonchev–Trinajstić information content (AvgIpc) is 0.931. The SMILES string of the molecule is CC.CC(C)(C)C.CC1CCC2(CC1)CC(C)(C)CC(C)(C)C2.CC1CCC2(CC1)CCC(C)(C)CC2.CC1CCC2(CCCC2)CC1.CCC.CCCC.CC[C@H](C)CC(F)(F)F.CC[C@H](C)CC(F)(F)F.[2H]C(C)(C)C.[2H]C([2H])(C)C(C)(C)C.[2H]C([2H])(C)C(C)C.[2H]C1(C)CCCC1.[2H]C1(C)CCCCC1. The van der Waals surface area contributed by atoms with Gasteiger partial charge in [-0.1, -0.05) is 396 Å². The molecule has 0 heterocycles. The molecule has 8 rings (SSSR count). The van der Waals surface area contributed by atoms with E-state index in [0.29, 0.717) is 39.9 Å². The van der Waals surface area contributed by atoms with Gasteiger partial charge < -0.3 is 0 Å². The lowest BCUT2D eigenvalue weighted by Gasteiger charge is -2.54. The van der Waals surface area contributed by atoms with E-state index in [1.54, 1.807) is 67.2 Å². The zero-order valence-corrected chi connectivity index (χ0v) is 75.8. The van der Waals surface area contributed by atoms with Crippen LogP contribution in [0.5, 0.6) is 0 Å². The van der Waals surface area contributed by atoms with Gasteiger partial charge in [-0.15, -0.1) is 0 Å². The second kappa shape index (κ2) is 59.5. The van der Waals surface area contributed by atoms with Crippen LogP contribution in [0.15, 0.2) is 0 Å². The normalized spacial score (nSPS) is 23.8. The lowest BCUT2D eigenvalue weighted by molar-refractivity contribution is -0.144. The molecule has 618 valence electrons. The minimum atomic E-state index is -3.98. The summed E-state index contributed by atoms with van der Waals surface area (Å²) < 4.78 is 120. The summed E-state index contributed by atoms with van der Waals surface area (Å²) in [5, 5.41) is 0. The Morgan fingerprint density at radius 1 is 0.386 bits per heavy atom. The van der Waals surface area contributed by atoms with Gasteiger partial charge in [0.15, 0.2) is 0 Å². The second-order valence-electron chi connectivity index (χ2n) is 39.8. The lowest BCUT2D eigenvalue weighted by Crippen LogP contribution is -2.43. The maximum Gasteiger partial charge on any atom is 0.389 e. The first-order valence-corrected chi connectivity index (χ1v) is 43.0. The van der Waals surface area contributed by atoms with Crippen LogP contribution in [0.2, 0.25) is 0 Å². The van der Waals surface area contributed by atoms with E-state index in [0.717, 1.165) is 54.3 Å². The molecule has 0 radical (unpaired) electrons. The molecule has 0 unspecified atom stereocenters. The molecule has 0 amide bonds. The molecule has 0 aromatic carbocycles. The standard InChI is InChI=1S/C16H30.C14H26.C11H20.C7H14.2C6H11F3.C6H12.C6H14.2C5H12.2C4H10.C3H8.C2H6/c1-13-6-8-16(9-7-13)11-14(2,3)10-15(4,5)12-16;1-12-4-6-14(7-5-12)10-8-13(2,3)9-11-14;1-10-4-8-11(9-5-10)6-2-3-7-11;1-7-5-3-2-4-6-7;2*1-3-5(2)4-6(7,8)9;1-6-4-2-3-5-6;1-5-6(2,3)4;1-5(2,3)4;1-4-5(2)3;1-4(2)3;1-3-4-2;1-3-2;1-2/h13H,6-12H2,1-5H3;12H,4-11H2,1-3H3;10H,2-9H2,1H3;7H,2-6H2,1H3;2*5H,3-4H2,1-2H3;6H,2-5H2,1H3;5H2,1-4H3;1-4H3;5H,4H2,1-3H3;4H,1-3H3;3-4H2,1-2H3;3H2,1-2H3;1-2H3/t;;;;2*5-;;;;;;;;/m....00......../s1/i;;;7D;;;6D;5D2;;4D2;4D;;;. The van der Waals surface area contributed by atoms with Gasteiger partial charge in [0.05, 0.1) is 0 Å². The Labute approximate surface area is 647 Å². The van der Waals surface area contributed by atoms with Gasteiger partial charge in [0, 0.05) is 22.4 Å². The maximum absolute atomic E-state index is 11.5. The van der Waals surface area contributed by atoms with E-state index in [1.165, 1.54) is 173 Å². The first kappa shape index (κ1) is 96.7. The zero-order valence-electron chi connectivity index (χ0n) is 82.8. The van der Waals surface area contributed by atoms with Gasteiger partial charge in [0.1, 0.15) is 0 Å². The van der Waals surface area contributed by atoms with Crippen LogP contribution in [-0.4, -0.2) is 12.4 Å². The Hall–Kier alpha value is -0.420. The minimum absolute atomic E-state index is 0.0556. The van der Waals surface area contributed by atoms with Crippen molar-refractivity contribution in [3.05, 3.63) is 0 Å². The van der Waals surface area contributed by atoms with Crippen LogP contribution in [0.1, 0.15) is 515 Å². The third kappa shape index (κ3) is 76.2. The van der Waals surface area contributed by atoms with Gasteiger partial charge in [-0.2, -0.15) is 26.3 Å². The highest BCUT2D eigenvalue weighted by atomic mass is 19.4. The molecule has 8 saturated carbocycles. The Bertz CT molecular complexity index is 1950. The van der Waals surface area contributed by atoms with Gasteiger partial charge in [-0.25, -0.2) is 0 Å². The molecule has 0 aromatic rings. The number of hydrogen-bond acceptors (Lipinski definition) is 0. The summed E-state index contributed by atoms with van der Waals surface area (Å²) in [7, 11) is 0. The molecule has 101 heavy (non-hydrogen) atoms. The van der Waals surface area contributed by atoms with Crippen molar-refractivity contribution >= 4 is 0 Å². The van der Waals surface area contributed by atoms with Crippen LogP contribution in [-0.2, 0) is 0 Å². The Balaban J connectivity index is -0.000000266. The third-order valence-corrected chi connectivity index (χ3v) is 21.5. The van der Waals surface area contributed by atoms with Crippen LogP contribution in [0.4, 0.5) is 26.3 Å². The largest absolute Gasteiger partial charge is 0.389 e. The van der Waals surface area contributed by atoms with Crippen LogP contribution in [0.25, 0.3) is 0 Å². The smallest absolute Gasteiger partial charge is 0.171 e. The monoisotopic (exact) mass is 1460 g/mol. The van der Waals surface area contributed by atoms with E-state index in [2.05, 4.69) is 118 Å². The quantitative estimate of drug-likeness (QED) is 0.233. The van der Waals surface area contributed by atoms with Crippen LogP contribution in [0, 0.1) is 96.5 Å². The van der Waals surface area contributed by atoms with E-state index >= 15 is 0 Å². The van der Waals surface area contributed by atoms with Crippen molar-refractivity contribution in [1.29, 1.82) is 0 Å². The van der Waals surface area contributed by atoms with Crippen molar-refractivity contribution in [3.8, 4) is 0 Å². The molecule has 0 aromatic heterocycles. The van der Waals surface area contributed by atoms with Gasteiger partial charge in [-0.05, 0) is 193 Å². The van der Waals surface area contributed by atoms with E-state index in [1.807, 2.05) is 83.1 Å². The molecule has 0 N–H and O–H groups in total. The predicted octanol–water partition coefficient (Wildman–Crippen LogP) is 37.2. The highest BCUT2D eigenvalue weighted by Crippen LogP contribution is 2.60. The van der Waals surface area contributed by atoms with E-state index in [-0.39, 0.29) is 40.9 Å². The van der Waals surface area contributed by atoms with Gasteiger partial charge >= 0.3 is 12.4 Å². The molecule has 8 aliphatic carbocycles. The predicted molar refractivity (Wildman–Crippen MR) is 451 cm³/mol. The molecule has 0 bridgehead atoms. The van der Waals surface area contributed by atoms with Crippen molar-refractivity contribution < 1.29 is 35.9 Å². The van der Waals surface area contributed by atoms with Crippen LogP contribution >= 0.6 is 0 Å². The van der Waals surface area contributed by atoms with Crippen molar-refractivity contribution in [2.45, 2.75) is 518 Å². The minimum Gasteiger partial charge on any atom is -0.171 e. The summed E-state index contributed by atoms with van der Waals surface area (Å²) >= 11 is 0. The number of alkyl halides is 6. The van der Waals surface area contributed by atoms with Gasteiger partial charge in [0.2, 0.25) is 0 Å². The molecule has 3 spiro atoms. The van der Waals surface area contributed by atoms with E-state index in [9.17, 15) is 26.3 Å². The molecule has 0 aliphatic heterocycles. The fraction of sp³-hybridized carbons (Fsp3) is 1.00. The van der Waals surface area contributed by atoms with Crippen molar-refractivity contribution in [1.82, 2.24) is 0 Å². The molecular formula is C95H196F6. The molecule has 8 aliphatic rings.